The van der Waals surface area contributed by atoms with Gasteiger partial charge in [0.1, 0.15) is 0 Å². The minimum Gasteiger partial charge on any atom is -0.388 e. The Morgan fingerprint density at radius 3 is 2.42 bits per heavy atom. The minimum atomic E-state index is 0.326. The summed E-state index contributed by atoms with van der Waals surface area (Å²) in [7, 11) is 0. The van der Waals surface area contributed by atoms with Crippen molar-refractivity contribution < 1.29 is 0 Å². The Morgan fingerprint density at radius 1 is 1.11 bits per heavy atom. The van der Waals surface area contributed by atoms with Crippen molar-refractivity contribution in [1.29, 1.82) is 5.41 Å². The molecule has 1 aromatic carbocycles. The number of rotatable bonds is 10. The third-order valence-electron chi connectivity index (χ3n) is 3.64. The fourth-order valence-electron chi connectivity index (χ4n) is 2.56. The summed E-state index contributed by atoms with van der Waals surface area (Å²) in [6.45, 7) is 2.25. The third-order valence-corrected chi connectivity index (χ3v) is 3.64. The normalized spacial score (nSPS) is 12.3. The lowest BCUT2D eigenvalue weighted by molar-refractivity contribution is 0.417. The van der Waals surface area contributed by atoms with Crippen molar-refractivity contribution in [2.75, 3.05) is 0 Å². The maximum absolute atomic E-state index is 7.31. The van der Waals surface area contributed by atoms with Gasteiger partial charge in [0.25, 0.3) is 0 Å². The van der Waals surface area contributed by atoms with Crippen molar-refractivity contribution in [3.8, 4) is 0 Å². The average Bonchev–Trinajstić information content (AvgIpc) is 2.39. The number of nitrogens with one attached hydrogen (secondary N) is 1. The standard InChI is InChI=1S/C17H28N2/c1-2-3-5-9-16(12-8-13-17(18)19)14-15-10-6-4-7-11-15/h4,6-7,10-11,16H,2-3,5,8-9,12-14H2,1H3,(H3,18,19). The zero-order valence-corrected chi connectivity index (χ0v) is 12.2. The van der Waals surface area contributed by atoms with Crippen molar-refractivity contribution in [1.82, 2.24) is 0 Å². The number of nitrogens with two attached hydrogens (primary N) is 1. The predicted molar refractivity (Wildman–Crippen MR) is 83.5 cm³/mol. The Morgan fingerprint density at radius 2 is 1.79 bits per heavy atom. The van der Waals surface area contributed by atoms with Crippen LogP contribution in [0.15, 0.2) is 30.3 Å². The van der Waals surface area contributed by atoms with Crippen LogP contribution in [0.5, 0.6) is 0 Å². The maximum Gasteiger partial charge on any atom is 0.0905 e. The highest BCUT2D eigenvalue weighted by molar-refractivity contribution is 5.76. The summed E-state index contributed by atoms with van der Waals surface area (Å²) in [6.07, 6.45) is 9.41. The molecule has 0 radical (unpaired) electrons. The molecule has 0 saturated heterocycles. The van der Waals surface area contributed by atoms with Crippen LogP contribution in [0.4, 0.5) is 0 Å². The topological polar surface area (TPSA) is 49.9 Å². The molecule has 0 amide bonds. The van der Waals surface area contributed by atoms with E-state index in [1.54, 1.807) is 0 Å². The highest BCUT2D eigenvalue weighted by atomic mass is 14.7. The van der Waals surface area contributed by atoms with Crippen LogP contribution in [0.3, 0.4) is 0 Å². The van der Waals surface area contributed by atoms with E-state index in [-0.39, 0.29) is 0 Å². The van der Waals surface area contributed by atoms with Gasteiger partial charge in [0.15, 0.2) is 0 Å². The molecule has 0 aliphatic heterocycles. The van der Waals surface area contributed by atoms with Gasteiger partial charge in [0.2, 0.25) is 0 Å². The second kappa shape index (κ2) is 9.60. The van der Waals surface area contributed by atoms with E-state index in [0.29, 0.717) is 5.84 Å². The Hall–Kier alpha value is -1.31. The first-order chi connectivity index (χ1) is 9.22. The lowest BCUT2D eigenvalue weighted by atomic mass is 9.89. The molecule has 19 heavy (non-hydrogen) atoms. The first-order valence-corrected chi connectivity index (χ1v) is 7.59. The van der Waals surface area contributed by atoms with Gasteiger partial charge in [-0.1, -0.05) is 62.9 Å². The van der Waals surface area contributed by atoms with Gasteiger partial charge in [-0.3, -0.25) is 5.41 Å². The van der Waals surface area contributed by atoms with E-state index >= 15 is 0 Å². The molecule has 1 atom stereocenters. The van der Waals surface area contributed by atoms with E-state index in [9.17, 15) is 0 Å². The molecule has 1 unspecified atom stereocenters. The largest absolute Gasteiger partial charge is 0.388 e. The van der Waals surface area contributed by atoms with Crippen molar-refractivity contribution in [3.05, 3.63) is 35.9 Å². The van der Waals surface area contributed by atoms with Crippen LogP contribution in [-0.4, -0.2) is 5.84 Å². The third kappa shape index (κ3) is 7.66. The molecule has 2 nitrogen and oxygen atoms in total. The van der Waals surface area contributed by atoms with Crippen molar-refractivity contribution >= 4 is 5.84 Å². The molecule has 1 rings (SSSR count). The molecule has 0 aliphatic carbocycles. The number of hydrogen-bond acceptors (Lipinski definition) is 1. The smallest absolute Gasteiger partial charge is 0.0905 e. The second-order valence-corrected chi connectivity index (χ2v) is 5.47. The van der Waals surface area contributed by atoms with Crippen LogP contribution in [0, 0.1) is 11.3 Å². The van der Waals surface area contributed by atoms with Gasteiger partial charge in [0.05, 0.1) is 5.84 Å². The van der Waals surface area contributed by atoms with Gasteiger partial charge in [-0.2, -0.15) is 0 Å². The van der Waals surface area contributed by atoms with Crippen molar-refractivity contribution in [2.24, 2.45) is 11.7 Å². The molecular formula is C17H28N2. The minimum absolute atomic E-state index is 0.326. The van der Waals surface area contributed by atoms with Crippen molar-refractivity contribution in [3.63, 3.8) is 0 Å². The molecule has 0 aliphatic rings. The molecule has 0 aromatic heterocycles. The molecule has 0 bridgehead atoms. The van der Waals surface area contributed by atoms with Crippen LogP contribution in [0.25, 0.3) is 0 Å². The van der Waals surface area contributed by atoms with Gasteiger partial charge in [0, 0.05) is 6.42 Å². The number of unbranched alkanes of at least 4 members (excludes halogenated alkanes) is 2. The summed E-state index contributed by atoms with van der Waals surface area (Å²) in [5, 5.41) is 7.31. The molecule has 0 fully saturated rings. The van der Waals surface area contributed by atoms with Crippen LogP contribution in [-0.2, 0) is 6.42 Å². The van der Waals surface area contributed by atoms with E-state index in [1.165, 1.54) is 44.1 Å². The highest BCUT2D eigenvalue weighted by Crippen LogP contribution is 2.21. The summed E-state index contributed by atoms with van der Waals surface area (Å²) in [4.78, 5) is 0. The lowest BCUT2D eigenvalue weighted by Gasteiger charge is -2.17. The van der Waals surface area contributed by atoms with Crippen LogP contribution in [0.1, 0.15) is 57.4 Å². The Balaban J connectivity index is 2.41. The first-order valence-electron chi connectivity index (χ1n) is 7.59. The van der Waals surface area contributed by atoms with Gasteiger partial charge in [-0.25, -0.2) is 0 Å². The van der Waals surface area contributed by atoms with Crippen LogP contribution < -0.4 is 5.73 Å². The monoisotopic (exact) mass is 260 g/mol. The molecule has 0 heterocycles. The Labute approximate surface area is 117 Å². The zero-order chi connectivity index (χ0) is 13.9. The predicted octanol–water partition coefficient (Wildman–Crippen LogP) is 4.53. The zero-order valence-electron chi connectivity index (χ0n) is 12.2. The fourth-order valence-corrected chi connectivity index (χ4v) is 2.56. The van der Waals surface area contributed by atoms with Gasteiger partial charge in [-0.15, -0.1) is 0 Å². The van der Waals surface area contributed by atoms with E-state index in [0.717, 1.165) is 18.8 Å². The van der Waals surface area contributed by atoms with E-state index in [4.69, 9.17) is 11.1 Å². The van der Waals surface area contributed by atoms with Crippen molar-refractivity contribution in [2.45, 2.75) is 58.3 Å². The van der Waals surface area contributed by atoms with E-state index in [1.807, 2.05) is 0 Å². The summed E-state index contributed by atoms with van der Waals surface area (Å²) in [5.41, 5.74) is 6.87. The van der Waals surface area contributed by atoms with Gasteiger partial charge >= 0.3 is 0 Å². The van der Waals surface area contributed by atoms with Crippen LogP contribution >= 0.6 is 0 Å². The maximum atomic E-state index is 7.31. The fraction of sp³-hybridized carbons (Fsp3) is 0.588. The van der Waals surface area contributed by atoms with Gasteiger partial charge < -0.3 is 5.73 Å². The Kier molecular flexibility index (Phi) is 7.95. The van der Waals surface area contributed by atoms with Crippen LogP contribution in [0.2, 0.25) is 0 Å². The molecular weight excluding hydrogens is 232 g/mol. The number of benzene rings is 1. The van der Waals surface area contributed by atoms with E-state index in [2.05, 4.69) is 37.3 Å². The number of hydrogen-bond donors (Lipinski definition) is 2. The molecule has 0 spiro atoms. The lowest BCUT2D eigenvalue weighted by Crippen LogP contribution is -2.11. The summed E-state index contributed by atoms with van der Waals surface area (Å²) in [6, 6.07) is 10.8. The second-order valence-electron chi connectivity index (χ2n) is 5.47. The SMILES string of the molecule is CCCCCC(CCCC(=N)N)Cc1ccccc1. The molecule has 3 N–H and O–H groups in total. The summed E-state index contributed by atoms with van der Waals surface area (Å²) in [5.74, 6) is 1.07. The Bertz CT molecular complexity index is 346. The molecule has 106 valence electrons. The molecule has 1 aromatic rings. The van der Waals surface area contributed by atoms with E-state index < -0.39 is 0 Å². The summed E-state index contributed by atoms with van der Waals surface area (Å²) >= 11 is 0. The molecule has 0 saturated carbocycles. The first kappa shape index (κ1) is 15.7. The molecule has 2 heteroatoms. The number of amidine groups is 1. The average molecular weight is 260 g/mol. The quantitative estimate of drug-likeness (QED) is 0.362. The summed E-state index contributed by atoms with van der Waals surface area (Å²) < 4.78 is 0. The highest BCUT2D eigenvalue weighted by Gasteiger charge is 2.09. The van der Waals surface area contributed by atoms with Gasteiger partial charge in [-0.05, 0) is 30.7 Å².